The number of anilines is 2. The highest BCUT2D eigenvalue weighted by atomic mass is 32.2. The summed E-state index contributed by atoms with van der Waals surface area (Å²) in [5, 5.41) is 0. The molecule has 0 radical (unpaired) electrons. The molecule has 0 bridgehead atoms. The maximum absolute atomic E-state index is 12.6. The molecule has 1 aliphatic heterocycles. The van der Waals surface area contributed by atoms with Gasteiger partial charge >= 0.3 is 6.18 Å². The van der Waals surface area contributed by atoms with Gasteiger partial charge in [-0.25, -0.2) is 8.42 Å². The summed E-state index contributed by atoms with van der Waals surface area (Å²) in [5.74, 6) is -0.131. The quantitative estimate of drug-likeness (QED) is 0.760. The predicted octanol–water partition coefficient (Wildman–Crippen LogP) is 3.78. The van der Waals surface area contributed by atoms with Crippen molar-refractivity contribution in [3.63, 3.8) is 0 Å². The minimum atomic E-state index is -4.48. The van der Waals surface area contributed by atoms with Gasteiger partial charge in [-0.15, -0.1) is 0 Å². The molecule has 1 aliphatic rings. The molecule has 1 saturated heterocycles. The van der Waals surface area contributed by atoms with E-state index in [-0.39, 0.29) is 17.2 Å². The number of sulfonamides is 1. The summed E-state index contributed by atoms with van der Waals surface area (Å²) in [7, 11) is -2.43. The van der Waals surface area contributed by atoms with Crippen LogP contribution in [0.1, 0.15) is 24.0 Å². The minimum absolute atomic E-state index is 0.0759. The van der Waals surface area contributed by atoms with E-state index in [9.17, 15) is 26.4 Å². The number of carbonyl (C=O) groups excluding carboxylic acids is 1. The second kappa shape index (κ2) is 7.94. The van der Waals surface area contributed by atoms with Crippen molar-refractivity contribution < 1.29 is 31.1 Å². The van der Waals surface area contributed by atoms with Gasteiger partial charge in [0.1, 0.15) is 5.75 Å². The third-order valence-electron chi connectivity index (χ3n) is 4.45. The fourth-order valence-corrected chi connectivity index (χ4v) is 4.28. The maximum Gasteiger partial charge on any atom is 0.416 e. The Morgan fingerprint density at radius 3 is 2.38 bits per heavy atom. The fraction of sp³-hybridized carbons (Fsp3) is 0.316. The van der Waals surface area contributed by atoms with E-state index < -0.39 is 27.5 Å². The van der Waals surface area contributed by atoms with Crippen molar-refractivity contribution >= 4 is 27.3 Å². The van der Waals surface area contributed by atoms with Crippen LogP contribution in [0.5, 0.6) is 5.75 Å². The van der Waals surface area contributed by atoms with Crippen molar-refractivity contribution in [2.24, 2.45) is 0 Å². The minimum Gasteiger partial charge on any atom is -0.495 e. The monoisotopic (exact) mass is 428 g/mol. The Labute approximate surface area is 166 Å². The van der Waals surface area contributed by atoms with Gasteiger partial charge in [-0.1, -0.05) is 12.1 Å². The van der Waals surface area contributed by atoms with Crippen molar-refractivity contribution in [1.82, 2.24) is 0 Å². The normalized spacial score (nSPS) is 14.9. The van der Waals surface area contributed by atoms with Crippen molar-refractivity contribution in [3.05, 3.63) is 53.6 Å². The van der Waals surface area contributed by atoms with Crippen molar-refractivity contribution in [1.29, 1.82) is 0 Å². The van der Waals surface area contributed by atoms with Crippen LogP contribution in [0, 0.1) is 0 Å². The molecule has 0 unspecified atom stereocenters. The van der Waals surface area contributed by atoms with E-state index >= 15 is 0 Å². The van der Waals surface area contributed by atoms with Crippen LogP contribution in [0.15, 0.2) is 42.5 Å². The zero-order valence-corrected chi connectivity index (χ0v) is 16.3. The summed E-state index contributed by atoms with van der Waals surface area (Å²) in [6.45, 7) is 0.511. The summed E-state index contributed by atoms with van der Waals surface area (Å²) >= 11 is 0. The van der Waals surface area contributed by atoms with Crippen molar-refractivity contribution in [2.75, 3.05) is 23.3 Å². The van der Waals surface area contributed by atoms with Gasteiger partial charge in [0.15, 0.2) is 0 Å². The molecule has 0 atom stereocenters. The van der Waals surface area contributed by atoms with Crippen molar-refractivity contribution in [3.8, 4) is 5.75 Å². The van der Waals surface area contributed by atoms with Gasteiger partial charge in [-0.05, 0) is 42.3 Å². The lowest BCUT2D eigenvalue weighted by Crippen LogP contribution is -2.24. The van der Waals surface area contributed by atoms with Gasteiger partial charge in [0.05, 0.1) is 29.8 Å². The second-order valence-corrected chi connectivity index (χ2v) is 8.31. The number of nitrogens with zero attached hydrogens (tertiary/aromatic N) is 1. The molecule has 2 aromatic rings. The van der Waals surface area contributed by atoms with E-state index in [0.717, 1.165) is 24.3 Å². The Morgan fingerprint density at radius 2 is 1.83 bits per heavy atom. The van der Waals surface area contributed by atoms with Gasteiger partial charge in [0, 0.05) is 13.0 Å². The van der Waals surface area contributed by atoms with Crippen LogP contribution in [-0.4, -0.2) is 28.0 Å². The molecule has 2 aromatic carbocycles. The van der Waals surface area contributed by atoms with Gasteiger partial charge in [-0.2, -0.15) is 13.2 Å². The number of carbonyl (C=O) groups is 1. The Hall–Kier alpha value is -2.75. The van der Waals surface area contributed by atoms with Gasteiger partial charge in [-0.3, -0.25) is 9.52 Å². The molecule has 6 nitrogen and oxygen atoms in total. The predicted molar refractivity (Wildman–Crippen MR) is 102 cm³/mol. The number of ether oxygens (including phenoxy) is 1. The summed E-state index contributed by atoms with van der Waals surface area (Å²) in [5.41, 5.74) is 0.0628. The van der Waals surface area contributed by atoms with E-state index in [4.69, 9.17) is 4.74 Å². The first kappa shape index (κ1) is 21.0. The molecule has 0 aromatic heterocycles. The van der Waals surface area contributed by atoms with E-state index in [1.807, 2.05) is 0 Å². The lowest BCUT2D eigenvalue weighted by molar-refractivity contribution is -0.137. The van der Waals surface area contributed by atoms with Crippen LogP contribution in [0.2, 0.25) is 0 Å². The Morgan fingerprint density at radius 1 is 1.14 bits per heavy atom. The Balaban J connectivity index is 1.78. The molecule has 0 saturated carbocycles. The van der Waals surface area contributed by atoms with Crippen LogP contribution in [0.3, 0.4) is 0 Å². The molecule has 0 aliphatic carbocycles. The lowest BCUT2D eigenvalue weighted by atomic mass is 10.1. The van der Waals surface area contributed by atoms with Crippen molar-refractivity contribution in [2.45, 2.75) is 24.8 Å². The zero-order valence-electron chi connectivity index (χ0n) is 15.5. The number of halogens is 3. The summed E-state index contributed by atoms with van der Waals surface area (Å²) < 4.78 is 70.5. The number of alkyl halides is 3. The van der Waals surface area contributed by atoms with E-state index in [1.165, 1.54) is 24.1 Å². The molecule has 1 fully saturated rings. The standard InChI is InChI=1S/C19H19F3N2O4S/c1-28-17-9-8-15(11-16(17)24-10-2-3-18(24)25)23-29(26,27)12-13-4-6-14(7-5-13)19(20,21)22/h4-9,11,23H,2-3,10,12H2,1H3. The molecule has 3 rings (SSSR count). The van der Waals surface area contributed by atoms with Crippen LogP contribution in [-0.2, 0) is 26.7 Å². The van der Waals surface area contributed by atoms with Crippen LogP contribution in [0.4, 0.5) is 24.5 Å². The molecule has 10 heteroatoms. The molecule has 29 heavy (non-hydrogen) atoms. The molecule has 1 N–H and O–H groups in total. The number of benzene rings is 2. The van der Waals surface area contributed by atoms with Crippen LogP contribution in [0.25, 0.3) is 0 Å². The van der Waals surface area contributed by atoms with Crippen LogP contribution < -0.4 is 14.4 Å². The average Bonchev–Trinajstić information content (AvgIpc) is 3.06. The summed E-state index contributed by atoms with van der Waals surface area (Å²) in [6, 6.07) is 8.50. The van der Waals surface area contributed by atoms with E-state index in [0.29, 0.717) is 30.8 Å². The first-order chi connectivity index (χ1) is 13.6. The largest absolute Gasteiger partial charge is 0.495 e. The number of hydrogen-bond acceptors (Lipinski definition) is 4. The number of hydrogen-bond donors (Lipinski definition) is 1. The molecular weight excluding hydrogens is 409 g/mol. The fourth-order valence-electron chi connectivity index (χ4n) is 3.09. The SMILES string of the molecule is COc1ccc(NS(=O)(=O)Cc2ccc(C(F)(F)F)cc2)cc1N1CCCC1=O. The zero-order chi connectivity index (χ0) is 21.2. The molecule has 1 heterocycles. The highest BCUT2D eigenvalue weighted by Gasteiger charge is 2.30. The Kier molecular flexibility index (Phi) is 5.74. The summed E-state index contributed by atoms with van der Waals surface area (Å²) in [4.78, 5) is 13.6. The number of amides is 1. The van der Waals surface area contributed by atoms with Gasteiger partial charge in [0.25, 0.3) is 0 Å². The number of methoxy groups -OCH3 is 1. The first-order valence-electron chi connectivity index (χ1n) is 8.74. The second-order valence-electron chi connectivity index (χ2n) is 6.59. The molecule has 0 spiro atoms. The molecular formula is C19H19F3N2O4S. The average molecular weight is 428 g/mol. The third kappa shape index (κ3) is 5.00. The topological polar surface area (TPSA) is 75.7 Å². The smallest absolute Gasteiger partial charge is 0.416 e. The highest BCUT2D eigenvalue weighted by Crippen LogP contribution is 2.34. The lowest BCUT2D eigenvalue weighted by Gasteiger charge is -2.20. The number of nitrogens with one attached hydrogen (secondary N) is 1. The maximum atomic E-state index is 12.6. The number of rotatable bonds is 6. The van der Waals surface area contributed by atoms with Gasteiger partial charge in [0.2, 0.25) is 15.9 Å². The van der Waals surface area contributed by atoms with E-state index in [1.54, 1.807) is 6.07 Å². The first-order valence-corrected chi connectivity index (χ1v) is 10.4. The third-order valence-corrected chi connectivity index (χ3v) is 5.71. The van der Waals surface area contributed by atoms with E-state index in [2.05, 4.69) is 4.72 Å². The van der Waals surface area contributed by atoms with Crippen LogP contribution >= 0.6 is 0 Å². The van der Waals surface area contributed by atoms with Gasteiger partial charge < -0.3 is 9.64 Å². The Bertz CT molecular complexity index is 1010. The molecule has 156 valence electrons. The highest BCUT2D eigenvalue weighted by molar-refractivity contribution is 7.91. The molecule has 1 amide bonds. The summed E-state index contributed by atoms with van der Waals surface area (Å²) in [6.07, 6.45) is -3.37.